The molecule has 8 heteroatoms. The van der Waals surface area contributed by atoms with Gasteiger partial charge in [0.25, 0.3) is 0 Å². The van der Waals surface area contributed by atoms with Crippen molar-refractivity contribution >= 4 is 24.7 Å². The molecule has 4 aliphatic carbocycles. The number of rotatable bonds is 9. The highest BCUT2D eigenvalue weighted by molar-refractivity contribution is 6.41. The zero-order valence-electron chi connectivity index (χ0n) is 29.7. The van der Waals surface area contributed by atoms with Gasteiger partial charge in [0.15, 0.2) is 0 Å². The number of aliphatic hydroxyl groups is 1. The van der Waals surface area contributed by atoms with Crippen LogP contribution < -0.4 is 0 Å². The minimum Gasteiger partial charge on any atom is -0.465 e. The number of aromatic nitrogens is 1. The highest BCUT2D eigenvalue weighted by Crippen LogP contribution is 2.67. The lowest BCUT2D eigenvalue weighted by atomic mass is 9.47. The fourth-order valence-electron chi connectivity index (χ4n) is 11.2. The summed E-state index contributed by atoms with van der Waals surface area (Å²) in [6.45, 7) is 15.2. The predicted octanol–water partition coefficient (Wildman–Crippen LogP) is 9.30. The number of aliphatic imine (C=N–C) groups is 1. The van der Waals surface area contributed by atoms with Crippen LogP contribution in [-0.2, 0) is 9.53 Å². The first-order chi connectivity index (χ1) is 22.2. The number of ether oxygens (including phenoxy) is 1. The van der Waals surface area contributed by atoms with Crippen LogP contribution in [0.15, 0.2) is 40.1 Å². The highest BCUT2D eigenvalue weighted by atomic mass is 19.2. The summed E-state index contributed by atoms with van der Waals surface area (Å²) in [4.78, 5) is 17.8. The summed E-state index contributed by atoms with van der Waals surface area (Å²) in [5.74, 6) is 2.76. The highest BCUT2D eigenvalue weighted by Gasteiger charge is 2.59. The fraction of sp³-hybridized carbons (Fsp3) is 0.692. The van der Waals surface area contributed by atoms with Gasteiger partial charge in [0.1, 0.15) is 0 Å². The molecule has 0 radical (unpaired) electrons. The molecule has 5 aliphatic rings. The molecule has 1 aromatic heterocycles. The number of halogens is 2. The van der Waals surface area contributed by atoms with Gasteiger partial charge in [-0.1, -0.05) is 32.4 Å². The molecule has 0 aromatic carbocycles. The van der Waals surface area contributed by atoms with Crippen molar-refractivity contribution in [2.75, 3.05) is 6.61 Å². The summed E-state index contributed by atoms with van der Waals surface area (Å²) < 4.78 is 35.4. The summed E-state index contributed by atoms with van der Waals surface area (Å²) in [6, 6.07) is 1.80. The van der Waals surface area contributed by atoms with E-state index in [1.54, 1.807) is 13.0 Å². The van der Waals surface area contributed by atoms with Crippen LogP contribution in [0.25, 0.3) is 5.57 Å². The second kappa shape index (κ2) is 13.1. The molecule has 5 nitrogen and oxygen atoms in total. The molecular weight excluding hydrogens is 593 g/mol. The van der Waals surface area contributed by atoms with Gasteiger partial charge in [-0.3, -0.25) is 18.4 Å². The van der Waals surface area contributed by atoms with Crippen LogP contribution in [0.5, 0.6) is 0 Å². The van der Waals surface area contributed by atoms with Crippen molar-refractivity contribution in [3.8, 4) is 0 Å². The molecule has 0 bridgehead atoms. The van der Waals surface area contributed by atoms with Crippen LogP contribution in [0.1, 0.15) is 122 Å². The number of aryl methyl sites for hydroxylation is 2. The zero-order valence-corrected chi connectivity index (χ0v) is 29.7. The van der Waals surface area contributed by atoms with E-state index >= 15 is 0 Å². The van der Waals surface area contributed by atoms with Crippen LogP contribution >= 0.6 is 0 Å². The summed E-state index contributed by atoms with van der Waals surface area (Å²) in [7, 11) is -2.65. The van der Waals surface area contributed by atoms with E-state index in [9.17, 15) is 18.5 Å². The van der Waals surface area contributed by atoms with E-state index in [-0.39, 0.29) is 29.3 Å². The van der Waals surface area contributed by atoms with Gasteiger partial charge >= 0.3 is 13.4 Å². The Labute approximate surface area is 281 Å². The Morgan fingerprint density at radius 2 is 1.87 bits per heavy atom. The minimum atomic E-state index is -2.65. The molecule has 8 atom stereocenters. The molecule has 1 N–H and O–H groups in total. The maximum Gasteiger partial charge on any atom is 0.677 e. The Morgan fingerprint density at radius 3 is 2.57 bits per heavy atom. The normalized spacial score (nSPS) is 34.9. The van der Waals surface area contributed by atoms with Gasteiger partial charge in [0.05, 0.1) is 18.4 Å². The van der Waals surface area contributed by atoms with E-state index in [1.165, 1.54) is 31.3 Å². The first-order valence-corrected chi connectivity index (χ1v) is 18.2. The molecule has 0 spiro atoms. The third-order valence-electron chi connectivity index (χ3n) is 13.4. The third kappa shape index (κ3) is 6.14. The van der Waals surface area contributed by atoms with Crippen LogP contribution in [0.3, 0.4) is 0 Å². The number of hydrogen-bond donors (Lipinski definition) is 1. The summed E-state index contributed by atoms with van der Waals surface area (Å²) in [5, 5.41) is 10.3. The standard InChI is InChI=1S/C39H55BF2N2O3/c1-23-19-26(4)43-36(23)31(37-24(2)20-27(5)44(37)40(41)42)9-8-10-35(46)47-22-25(3)32-13-14-33-30-12-11-28-21-29(45)15-17-38(28,6)34(30)16-18-39(32,33)7/h11,19-20,25,29-30,32-34,45H,8-10,12-18,21-22H2,1-7H3/b36-31-/t25-,29+,30?,32?,33?,34?,38+,39-/m1/s1. The first-order valence-electron chi connectivity index (χ1n) is 18.2. The second-order valence-corrected chi connectivity index (χ2v) is 16.3. The van der Waals surface area contributed by atoms with Crippen molar-refractivity contribution < 1.29 is 23.3 Å². The largest absolute Gasteiger partial charge is 0.677 e. The van der Waals surface area contributed by atoms with Gasteiger partial charge < -0.3 is 14.3 Å². The second-order valence-electron chi connectivity index (χ2n) is 16.3. The number of carbonyl (C=O) groups excluding carboxylic acids is 1. The Kier molecular flexibility index (Phi) is 9.58. The number of nitrogens with zero attached hydrogens (tertiary/aromatic N) is 2. The van der Waals surface area contributed by atoms with Crippen LogP contribution in [0, 0.1) is 54.3 Å². The van der Waals surface area contributed by atoms with E-state index in [0.717, 1.165) is 58.3 Å². The lowest BCUT2D eigenvalue weighted by Gasteiger charge is -2.58. The minimum absolute atomic E-state index is 0.170. The maximum absolute atomic E-state index is 14.2. The lowest BCUT2D eigenvalue weighted by Crippen LogP contribution is -2.51. The van der Waals surface area contributed by atoms with Crippen LogP contribution in [0.4, 0.5) is 8.63 Å². The number of carbonyl (C=O) groups is 1. The number of fused-ring (bicyclic) bond motifs is 5. The molecule has 0 saturated heterocycles. The molecule has 3 fully saturated rings. The predicted molar refractivity (Wildman–Crippen MR) is 186 cm³/mol. The Balaban J connectivity index is 1.07. The van der Waals surface area contributed by atoms with Crippen molar-refractivity contribution in [3.63, 3.8) is 0 Å². The maximum atomic E-state index is 14.2. The van der Waals surface area contributed by atoms with E-state index in [1.807, 2.05) is 26.8 Å². The summed E-state index contributed by atoms with van der Waals surface area (Å²) in [5.41, 5.74) is 7.19. The van der Waals surface area contributed by atoms with Gasteiger partial charge in [-0.2, -0.15) is 0 Å². The molecule has 3 saturated carbocycles. The molecule has 47 heavy (non-hydrogen) atoms. The molecule has 2 heterocycles. The van der Waals surface area contributed by atoms with Gasteiger partial charge in [-0.25, -0.2) is 0 Å². The average Bonchev–Trinajstić information content (AvgIpc) is 3.64. The topological polar surface area (TPSA) is 63.8 Å². The lowest BCUT2D eigenvalue weighted by molar-refractivity contribution is -0.146. The quantitative estimate of drug-likeness (QED) is 0.165. The molecule has 1 aromatic rings. The van der Waals surface area contributed by atoms with Crippen LogP contribution in [0.2, 0.25) is 0 Å². The van der Waals surface area contributed by atoms with Crippen molar-refractivity contribution in [2.45, 2.75) is 125 Å². The van der Waals surface area contributed by atoms with Crippen molar-refractivity contribution in [3.05, 3.63) is 52.0 Å². The average molecular weight is 649 g/mol. The molecular formula is C39H55BF2N2O3. The number of hydrogen-bond acceptors (Lipinski definition) is 4. The Morgan fingerprint density at radius 1 is 1.11 bits per heavy atom. The van der Waals surface area contributed by atoms with Gasteiger partial charge in [-0.15, -0.1) is 0 Å². The smallest absolute Gasteiger partial charge is 0.465 e. The third-order valence-corrected chi connectivity index (χ3v) is 13.4. The fourth-order valence-corrected chi connectivity index (χ4v) is 11.2. The van der Waals surface area contributed by atoms with Crippen LogP contribution in [-0.4, -0.2) is 41.4 Å². The number of aliphatic hydroxyl groups excluding tert-OH is 1. The number of esters is 1. The molecule has 1 aliphatic heterocycles. The summed E-state index contributed by atoms with van der Waals surface area (Å²) in [6.07, 6.45) is 14.5. The van der Waals surface area contributed by atoms with E-state index in [4.69, 9.17) is 9.73 Å². The van der Waals surface area contributed by atoms with E-state index in [0.29, 0.717) is 60.4 Å². The monoisotopic (exact) mass is 648 g/mol. The molecule has 256 valence electrons. The summed E-state index contributed by atoms with van der Waals surface area (Å²) >= 11 is 0. The van der Waals surface area contributed by atoms with E-state index in [2.05, 4.69) is 26.8 Å². The molecule has 6 rings (SSSR count). The first kappa shape index (κ1) is 34.4. The van der Waals surface area contributed by atoms with Crippen molar-refractivity contribution in [1.29, 1.82) is 0 Å². The number of allylic oxidation sites excluding steroid dienone is 4. The Hall–Kier alpha value is -2.48. The van der Waals surface area contributed by atoms with Gasteiger partial charge in [-0.05, 0) is 156 Å². The molecule has 4 unspecified atom stereocenters. The van der Waals surface area contributed by atoms with E-state index < -0.39 is 7.40 Å². The van der Waals surface area contributed by atoms with Gasteiger partial charge in [0, 0.05) is 29.1 Å². The van der Waals surface area contributed by atoms with Crippen molar-refractivity contribution in [1.82, 2.24) is 4.48 Å². The van der Waals surface area contributed by atoms with Crippen molar-refractivity contribution in [2.24, 2.45) is 45.4 Å². The molecule has 0 amide bonds. The SMILES string of the molecule is CC1=CC(C)=N/C1=C(/CCCC(=O)OC[C@@H](C)C1CCC2C3CC=C4C[C@@H](O)CC[C@]4(C)C3CC[C@@]21C)c1c(C)cc(C)n1B(F)F. The van der Waals surface area contributed by atoms with Gasteiger partial charge in [0.2, 0.25) is 0 Å². The zero-order chi connectivity index (χ0) is 33.8. The Bertz CT molecular complexity index is 1520.